The Labute approximate surface area is 341 Å². The fourth-order valence-corrected chi connectivity index (χ4v) is 12.1. The van der Waals surface area contributed by atoms with Crippen LogP contribution in [0.2, 0.25) is 18.1 Å². The van der Waals surface area contributed by atoms with Crippen molar-refractivity contribution < 1.29 is 29.2 Å². The Kier molecular flexibility index (Phi) is 11.4. The Hall–Kier alpha value is -5.45. The molecule has 1 saturated heterocycles. The third-order valence-electron chi connectivity index (χ3n) is 12.2. The molecule has 4 aromatic carbocycles. The number of aromatic amines is 1. The van der Waals surface area contributed by atoms with E-state index in [1.165, 1.54) is 6.20 Å². The highest BCUT2D eigenvalue weighted by atomic mass is 28.3. The molecule has 1 aliphatic rings. The molecule has 0 bridgehead atoms. The highest BCUT2D eigenvalue weighted by Crippen LogP contribution is 2.70. The maximum Gasteiger partial charge on any atom is 0.331 e. The zero-order valence-corrected chi connectivity index (χ0v) is 35.5. The number of aliphatic hydroxyl groups is 2. The number of rotatable bonds is 12. The first-order valence-electron chi connectivity index (χ1n) is 19.1. The molecule has 303 valence electrons. The minimum absolute atomic E-state index is 0.0318. The molecule has 1 fully saturated rings. The van der Waals surface area contributed by atoms with E-state index < -0.39 is 59.4 Å². The van der Waals surface area contributed by atoms with Gasteiger partial charge in [-0.3, -0.25) is 14.3 Å². The number of aromatic nitrogens is 2. The molecule has 0 saturated carbocycles. The molecule has 0 aliphatic carbocycles. The van der Waals surface area contributed by atoms with Crippen molar-refractivity contribution in [3.05, 3.63) is 158 Å². The van der Waals surface area contributed by atoms with Crippen LogP contribution in [-0.4, -0.2) is 67.7 Å². The third-order valence-corrected chi connectivity index (χ3v) is 14.8. The van der Waals surface area contributed by atoms with Gasteiger partial charge in [0.1, 0.15) is 41.1 Å². The maximum atomic E-state index is 14.4. The standard InChI is InChI=1S/C46H52N3O8Si/c1-30-28-49(41(52)48-40(30)51)44(29-47)43(58(8)9,27-31-14-13-17-37(26-31)56-7)46(53,42(2,3)4)39(57-44)38(50)45(32-15-11-10-12-16-32,33-18-22-35(54-5)23-19-33)34-20-24-36(55-6)25-21-34/h10-26,28,38-39,50,53H,27H2,1-9H3,(H,48,51,52)/t38?,39-,43?,44-,46+/m1/s1. The second-order valence-corrected chi connectivity index (χ2v) is 19.1. The summed E-state index contributed by atoms with van der Waals surface area (Å²) in [5.74, 6) is 1.75. The molecular weight excluding hydrogens is 751 g/mol. The molecule has 3 N–H and O–H groups in total. The summed E-state index contributed by atoms with van der Waals surface area (Å²) in [6, 6.07) is 34.0. The molecule has 1 aliphatic heterocycles. The van der Waals surface area contributed by atoms with E-state index in [1.807, 2.05) is 131 Å². The van der Waals surface area contributed by atoms with Crippen LogP contribution in [-0.2, 0) is 22.3 Å². The number of hydrogen-bond donors (Lipinski definition) is 3. The predicted molar refractivity (Wildman–Crippen MR) is 224 cm³/mol. The first kappa shape index (κ1) is 42.2. The van der Waals surface area contributed by atoms with Gasteiger partial charge in [0.2, 0.25) is 5.72 Å². The van der Waals surface area contributed by atoms with Crippen LogP contribution in [0.5, 0.6) is 17.2 Å². The summed E-state index contributed by atoms with van der Waals surface area (Å²) in [6.45, 7) is 11.1. The number of nitriles is 1. The van der Waals surface area contributed by atoms with Gasteiger partial charge in [-0.1, -0.05) is 101 Å². The Balaban J connectivity index is 1.80. The molecule has 0 spiro atoms. The minimum atomic E-state index is -2.28. The van der Waals surface area contributed by atoms with E-state index >= 15 is 0 Å². The lowest BCUT2D eigenvalue weighted by Gasteiger charge is -2.57. The number of methoxy groups -OCH3 is 3. The number of H-pyrrole nitrogens is 1. The van der Waals surface area contributed by atoms with E-state index in [-0.39, 0.29) is 12.0 Å². The molecule has 5 atom stereocenters. The van der Waals surface area contributed by atoms with Crippen LogP contribution in [0.4, 0.5) is 0 Å². The van der Waals surface area contributed by atoms with Gasteiger partial charge in [0.05, 0.1) is 40.6 Å². The van der Waals surface area contributed by atoms with Crippen LogP contribution in [0.15, 0.2) is 119 Å². The van der Waals surface area contributed by atoms with E-state index in [0.717, 1.165) is 4.57 Å². The highest BCUT2D eigenvalue weighted by Gasteiger charge is 2.80. The van der Waals surface area contributed by atoms with Crippen LogP contribution in [0, 0.1) is 23.7 Å². The molecule has 11 nitrogen and oxygen atoms in total. The van der Waals surface area contributed by atoms with E-state index in [0.29, 0.717) is 39.5 Å². The lowest BCUT2D eigenvalue weighted by atomic mass is 9.57. The zero-order valence-electron chi connectivity index (χ0n) is 34.5. The molecule has 0 amide bonds. The number of benzene rings is 4. The molecule has 58 heavy (non-hydrogen) atoms. The lowest BCUT2D eigenvalue weighted by Crippen LogP contribution is -2.68. The van der Waals surface area contributed by atoms with Gasteiger partial charge in [0.25, 0.3) is 5.56 Å². The fourth-order valence-electron chi connectivity index (χ4n) is 9.36. The van der Waals surface area contributed by atoms with Gasteiger partial charge >= 0.3 is 5.69 Å². The van der Waals surface area contributed by atoms with Crippen molar-refractivity contribution in [2.75, 3.05) is 21.3 Å². The molecule has 6 rings (SSSR count). The number of ether oxygens (including phenoxy) is 4. The second kappa shape index (κ2) is 15.7. The zero-order chi connectivity index (χ0) is 42.3. The normalized spacial score (nSPS) is 22.6. The van der Waals surface area contributed by atoms with Crippen molar-refractivity contribution in [1.29, 1.82) is 5.26 Å². The molecular formula is C46H52N3O8Si. The summed E-state index contributed by atoms with van der Waals surface area (Å²) in [7, 11) is 2.68. The number of aryl methyl sites for hydroxylation is 1. The monoisotopic (exact) mass is 802 g/mol. The molecule has 2 heterocycles. The van der Waals surface area contributed by atoms with Gasteiger partial charge < -0.3 is 29.2 Å². The van der Waals surface area contributed by atoms with E-state index in [9.17, 15) is 25.1 Å². The van der Waals surface area contributed by atoms with Crippen molar-refractivity contribution in [2.45, 2.75) is 81.2 Å². The fraction of sp³-hybridized carbons (Fsp3) is 0.370. The van der Waals surface area contributed by atoms with Gasteiger partial charge in [-0.25, -0.2) is 4.79 Å². The maximum absolute atomic E-state index is 14.4. The minimum Gasteiger partial charge on any atom is -0.497 e. The topological polar surface area (TPSA) is 156 Å². The van der Waals surface area contributed by atoms with Crippen molar-refractivity contribution in [2.24, 2.45) is 5.41 Å². The van der Waals surface area contributed by atoms with Gasteiger partial charge in [0, 0.05) is 11.8 Å². The highest BCUT2D eigenvalue weighted by molar-refractivity contribution is 6.60. The molecule has 12 heteroatoms. The van der Waals surface area contributed by atoms with Crippen LogP contribution >= 0.6 is 0 Å². The average molecular weight is 803 g/mol. The third kappa shape index (κ3) is 6.28. The van der Waals surface area contributed by atoms with Crippen LogP contribution in [0.1, 0.15) is 48.6 Å². The number of hydrogen-bond acceptors (Lipinski definition) is 9. The van der Waals surface area contributed by atoms with Crippen molar-refractivity contribution >= 4 is 8.80 Å². The Morgan fingerprint density at radius 2 is 1.38 bits per heavy atom. The van der Waals surface area contributed by atoms with Crippen molar-refractivity contribution in [3.63, 3.8) is 0 Å². The summed E-state index contributed by atoms with van der Waals surface area (Å²) in [4.78, 5) is 29.5. The molecule has 1 radical (unpaired) electrons. The quantitative estimate of drug-likeness (QED) is 0.0966. The second-order valence-electron chi connectivity index (χ2n) is 16.3. The van der Waals surface area contributed by atoms with Gasteiger partial charge in [0.15, 0.2) is 0 Å². The molecule has 1 aromatic heterocycles. The summed E-state index contributed by atoms with van der Waals surface area (Å²) >= 11 is 0. The smallest absolute Gasteiger partial charge is 0.331 e. The number of nitrogens with zero attached hydrogens (tertiary/aromatic N) is 2. The van der Waals surface area contributed by atoms with Gasteiger partial charge in [-0.05, 0) is 77.4 Å². The first-order valence-corrected chi connectivity index (χ1v) is 21.6. The predicted octanol–water partition coefficient (Wildman–Crippen LogP) is 6.36. The lowest BCUT2D eigenvalue weighted by molar-refractivity contribution is -0.174. The Morgan fingerprint density at radius 1 is 0.845 bits per heavy atom. The van der Waals surface area contributed by atoms with Crippen LogP contribution < -0.4 is 25.5 Å². The van der Waals surface area contributed by atoms with E-state index in [2.05, 4.69) is 11.1 Å². The van der Waals surface area contributed by atoms with E-state index in [4.69, 9.17) is 18.9 Å². The summed E-state index contributed by atoms with van der Waals surface area (Å²) in [6.07, 6.45) is -1.86. The van der Waals surface area contributed by atoms with Crippen LogP contribution in [0.25, 0.3) is 0 Å². The number of aliphatic hydroxyl groups excluding tert-OH is 1. The van der Waals surface area contributed by atoms with Crippen molar-refractivity contribution in [1.82, 2.24) is 9.55 Å². The molecule has 5 aromatic rings. The first-order chi connectivity index (χ1) is 27.5. The average Bonchev–Trinajstić information content (AvgIpc) is 3.46. The summed E-state index contributed by atoms with van der Waals surface area (Å²) < 4.78 is 25.1. The SMILES string of the molecule is COc1ccc(C(c2ccccc2)(c2ccc(OC)cc2)C(O)[C@H]2O[C@@](C#N)(n3cc(C)c(=O)[nH]c3=O)C(Cc3cccc(OC)c3)([Si](C)C)[C@@]2(O)C(C)(C)C)cc1. The summed E-state index contributed by atoms with van der Waals surface area (Å²) in [5, 5.41) is 38.4. The van der Waals surface area contributed by atoms with Gasteiger partial charge in [-0.15, -0.1) is 0 Å². The number of nitrogens with one attached hydrogen (secondary N) is 1. The largest absolute Gasteiger partial charge is 0.497 e. The molecule has 2 unspecified atom stereocenters. The summed E-state index contributed by atoms with van der Waals surface area (Å²) in [5.41, 5.74) is -5.68. The van der Waals surface area contributed by atoms with Gasteiger partial charge in [-0.2, -0.15) is 5.26 Å². The van der Waals surface area contributed by atoms with Crippen molar-refractivity contribution in [3.8, 4) is 23.3 Å². The van der Waals surface area contributed by atoms with E-state index in [1.54, 1.807) is 34.3 Å². The van der Waals surface area contributed by atoms with Crippen LogP contribution in [0.3, 0.4) is 0 Å². The Morgan fingerprint density at radius 3 is 1.86 bits per heavy atom. The Bertz CT molecular complexity index is 2350.